The highest BCUT2D eigenvalue weighted by Crippen LogP contribution is 2.27. The Kier molecular flexibility index (Phi) is 9.06. The van der Waals surface area contributed by atoms with E-state index >= 15 is 0 Å². The molecule has 3 aromatic rings. The van der Waals surface area contributed by atoms with Gasteiger partial charge in [0.15, 0.2) is 0 Å². The van der Waals surface area contributed by atoms with Gasteiger partial charge in [-0.25, -0.2) is 5.43 Å². The van der Waals surface area contributed by atoms with Crippen LogP contribution in [0.1, 0.15) is 31.2 Å². The molecule has 2 aromatic carbocycles. The Morgan fingerprint density at radius 1 is 1.06 bits per heavy atom. The summed E-state index contributed by atoms with van der Waals surface area (Å²) in [6.07, 6.45) is 6.18. The van der Waals surface area contributed by atoms with Gasteiger partial charge in [-0.2, -0.15) is 20.1 Å². The highest BCUT2D eigenvalue weighted by atomic mass is 127. The SMILES string of the molecule is COc1c(I)cc(I)cc1C=NNc1nc(Nc2ccc([N+](=O)[O-])cc2)nc(N2CCCCCC2)n1. The van der Waals surface area contributed by atoms with Crippen LogP contribution >= 0.6 is 45.2 Å². The largest absolute Gasteiger partial charge is 0.495 e. The van der Waals surface area contributed by atoms with Gasteiger partial charge in [0.25, 0.3) is 5.69 Å². The molecule has 1 aliphatic heterocycles. The molecule has 0 aliphatic carbocycles. The van der Waals surface area contributed by atoms with Crippen LogP contribution in [0, 0.1) is 17.3 Å². The van der Waals surface area contributed by atoms with Crippen molar-refractivity contribution >= 4 is 80.6 Å². The molecule has 2 N–H and O–H groups in total. The van der Waals surface area contributed by atoms with Crippen LogP contribution in [0.4, 0.5) is 29.2 Å². The maximum absolute atomic E-state index is 11.0. The Morgan fingerprint density at radius 2 is 1.75 bits per heavy atom. The Balaban J connectivity index is 1.60. The zero-order valence-corrected chi connectivity index (χ0v) is 23.8. The molecule has 0 atom stereocenters. The summed E-state index contributed by atoms with van der Waals surface area (Å²) in [5.74, 6) is 1.89. The summed E-state index contributed by atoms with van der Waals surface area (Å²) < 4.78 is 7.58. The lowest BCUT2D eigenvalue weighted by atomic mass is 10.2. The lowest BCUT2D eigenvalue weighted by Crippen LogP contribution is -2.26. The van der Waals surface area contributed by atoms with Gasteiger partial charge < -0.3 is 15.0 Å². The third-order valence-corrected chi connectivity index (χ3v) is 6.88. The molecule has 0 spiro atoms. The second-order valence-corrected chi connectivity index (χ2v) is 10.4. The Labute approximate surface area is 235 Å². The number of benzene rings is 2. The molecule has 36 heavy (non-hydrogen) atoms. The quantitative estimate of drug-likeness (QED) is 0.133. The first kappa shape index (κ1) is 26.2. The number of anilines is 4. The van der Waals surface area contributed by atoms with Gasteiger partial charge in [-0.15, -0.1) is 0 Å². The van der Waals surface area contributed by atoms with Crippen molar-refractivity contribution in [2.24, 2.45) is 5.10 Å². The van der Waals surface area contributed by atoms with Crippen LogP contribution in [0.3, 0.4) is 0 Å². The van der Waals surface area contributed by atoms with Gasteiger partial charge in [0.05, 0.1) is 21.8 Å². The maximum atomic E-state index is 11.0. The van der Waals surface area contributed by atoms with Crippen LogP contribution in [0.5, 0.6) is 5.75 Å². The third kappa shape index (κ3) is 6.89. The molecule has 13 heteroatoms. The van der Waals surface area contributed by atoms with Crippen LogP contribution in [0.2, 0.25) is 0 Å². The summed E-state index contributed by atoms with van der Waals surface area (Å²) in [5, 5.41) is 18.4. The van der Waals surface area contributed by atoms with Crippen molar-refractivity contribution in [1.29, 1.82) is 0 Å². The van der Waals surface area contributed by atoms with Gasteiger partial charge in [-0.3, -0.25) is 10.1 Å². The number of aromatic nitrogens is 3. The summed E-state index contributed by atoms with van der Waals surface area (Å²) in [4.78, 5) is 26.3. The topological polar surface area (TPSA) is 131 Å². The van der Waals surface area contributed by atoms with Crippen LogP contribution in [-0.2, 0) is 0 Å². The second kappa shape index (κ2) is 12.4. The van der Waals surface area contributed by atoms with E-state index in [2.05, 4.69) is 80.9 Å². The summed E-state index contributed by atoms with van der Waals surface area (Å²) in [5.41, 5.74) is 4.38. The predicted molar refractivity (Wildman–Crippen MR) is 157 cm³/mol. The van der Waals surface area contributed by atoms with Crippen molar-refractivity contribution in [3.8, 4) is 5.75 Å². The predicted octanol–water partition coefficient (Wildman–Crippen LogP) is 5.57. The van der Waals surface area contributed by atoms with Crippen molar-refractivity contribution < 1.29 is 9.66 Å². The Morgan fingerprint density at radius 3 is 2.42 bits per heavy atom. The van der Waals surface area contributed by atoms with E-state index in [0.29, 0.717) is 17.6 Å². The number of methoxy groups -OCH3 is 1. The van der Waals surface area contributed by atoms with Crippen molar-refractivity contribution in [3.05, 3.63) is 59.2 Å². The Hall–Kier alpha value is -2.82. The maximum Gasteiger partial charge on any atom is 0.269 e. The second-order valence-electron chi connectivity index (χ2n) is 7.99. The van der Waals surface area contributed by atoms with Gasteiger partial charge in [0, 0.05) is 40.0 Å². The molecule has 0 bridgehead atoms. The molecule has 1 fully saturated rings. The van der Waals surface area contributed by atoms with E-state index in [9.17, 15) is 10.1 Å². The zero-order valence-electron chi connectivity index (χ0n) is 19.4. The monoisotopic (exact) mass is 714 g/mol. The number of hydrazone groups is 1. The molecule has 1 saturated heterocycles. The minimum Gasteiger partial charge on any atom is -0.495 e. The van der Waals surface area contributed by atoms with Gasteiger partial charge >= 0.3 is 0 Å². The lowest BCUT2D eigenvalue weighted by molar-refractivity contribution is -0.384. The molecule has 0 unspecified atom stereocenters. The fourth-order valence-corrected chi connectivity index (χ4v) is 5.84. The molecule has 1 aliphatic rings. The summed E-state index contributed by atoms with van der Waals surface area (Å²) in [6.45, 7) is 1.73. The molecular weight excluding hydrogens is 690 g/mol. The zero-order chi connectivity index (χ0) is 25.5. The molecule has 1 aromatic heterocycles. The van der Waals surface area contributed by atoms with Gasteiger partial charge in [0.1, 0.15) is 5.75 Å². The molecule has 0 radical (unpaired) electrons. The number of ether oxygens (including phenoxy) is 1. The Bertz CT molecular complexity index is 1250. The average molecular weight is 714 g/mol. The van der Waals surface area contributed by atoms with Gasteiger partial charge in [0.2, 0.25) is 17.8 Å². The summed E-state index contributed by atoms with van der Waals surface area (Å²) in [7, 11) is 1.63. The molecule has 11 nitrogen and oxygen atoms in total. The van der Waals surface area contributed by atoms with E-state index in [1.165, 1.54) is 25.0 Å². The van der Waals surface area contributed by atoms with E-state index in [1.807, 2.05) is 12.1 Å². The van der Waals surface area contributed by atoms with Gasteiger partial charge in [-0.05, 0) is 82.3 Å². The molecule has 2 heterocycles. The number of hydrogen-bond donors (Lipinski definition) is 2. The van der Waals surface area contributed by atoms with E-state index in [4.69, 9.17) is 4.74 Å². The standard InChI is InChI=1S/C23H24I2N8O3/c1-36-20-15(12-16(24)13-19(20)25)14-26-31-22-28-21(27-17-6-8-18(9-7-17)33(34)35)29-23(30-22)32-10-4-2-3-5-11-32/h6-9,12-14H,2-5,10-11H2,1H3,(H2,27,28,29,30,31). The molecule has 0 amide bonds. The first-order valence-electron chi connectivity index (χ1n) is 11.3. The van der Waals surface area contributed by atoms with Crippen molar-refractivity contribution in [2.75, 3.05) is 35.8 Å². The van der Waals surface area contributed by atoms with Crippen LogP contribution in [0.15, 0.2) is 41.5 Å². The number of hydrogen-bond acceptors (Lipinski definition) is 10. The van der Waals surface area contributed by atoms with E-state index in [-0.39, 0.29) is 11.6 Å². The third-order valence-electron chi connectivity index (χ3n) is 5.46. The molecule has 188 valence electrons. The average Bonchev–Trinajstić information content (AvgIpc) is 3.14. The minimum absolute atomic E-state index is 0.0128. The highest BCUT2D eigenvalue weighted by Gasteiger charge is 2.16. The number of nitrogens with one attached hydrogen (secondary N) is 2. The summed E-state index contributed by atoms with van der Waals surface area (Å²) in [6, 6.07) is 10.1. The normalized spacial score (nSPS) is 13.9. The fourth-order valence-electron chi connectivity index (χ4n) is 3.73. The lowest BCUT2D eigenvalue weighted by Gasteiger charge is -2.21. The van der Waals surface area contributed by atoms with E-state index in [1.54, 1.807) is 25.5 Å². The van der Waals surface area contributed by atoms with E-state index < -0.39 is 4.92 Å². The number of nitro groups is 1. The van der Waals surface area contributed by atoms with Crippen molar-refractivity contribution in [2.45, 2.75) is 25.7 Å². The summed E-state index contributed by atoms with van der Waals surface area (Å²) >= 11 is 4.48. The van der Waals surface area contributed by atoms with Gasteiger partial charge in [-0.1, -0.05) is 12.8 Å². The number of nitro benzene ring substituents is 1. The number of non-ortho nitro benzene ring substituents is 1. The molecule has 0 saturated carbocycles. The first-order valence-corrected chi connectivity index (χ1v) is 13.4. The van der Waals surface area contributed by atoms with Crippen LogP contribution in [-0.4, -0.2) is 46.3 Å². The van der Waals surface area contributed by atoms with Crippen LogP contribution < -0.4 is 20.4 Å². The number of nitrogens with zero attached hydrogens (tertiary/aromatic N) is 6. The van der Waals surface area contributed by atoms with Crippen molar-refractivity contribution in [3.63, 3.8) is 0 Å². The number of rotatable bonds is 8. The number of halogens is 2. The minimum atomic E-state index is -0.437. The molecule has 4 rings (SSSR count). The van der Waals surface area contributed by atoms with Crippen molar-refractivity contribution in [1.82, 2.24) is 15.0 Å². The van der Waals surface area contributed by atoms with E-state index in [0.717, 1.165) is 44.4 Å². The first-order chi connectivity index (χ1) is 17.4. The smallest absolute Gasteiger partial charge is 0.269 e. The van der Waals surface area contributed by atoms with Crippen LogP contribution in [0.25, 0.3) is 0 Å². The fraction of sp³-hybridized carbons (Fsp3) is 0.304. The molecular formula is C23H24I2N8O3. The highest BCUT2D eigenvalue weighted by molar-refractivity contribution is 14.1.